The molecule has 3 nitrogen and oxygen atoms in total. The van der Waals surface area contributed by atoms with E-state index in [0.29, 0.717) is 0 Å². The van der Waals surface area contributed by atoms with Crippen LogP contribution in [0.1, 0.15) is 36.5 Å². The molecule has 0 unspecified atom stereocenters. The lowest BCUT2D eigenvalue weighted by atomic mass is 10.1. The molecular weight excluding hydrogens is 188 g/mol. The molecule has 0 saturated carbocycles. The van der Waals surface area contributed by atoms with E-state index in [9.17, 15) is 4.79 Å². The number of carbonyl (C=O) groups excluding carboxylic acids is 1. The second-order valence-electron chi connectivity index (χ2n) is 3.86. The first-order valence-corrected chi connectivity index (χ1v) is 5.47. The van der Waals surface area contributed by atoms with Crippen LogP contribution in [0.15, 0.2) is 24.3 Å². The second kappa shape index (κ2) is 4.34. The lowest BCUT2D eigenvalue weighted by Gasteiger charge is -2.27. The molecule has 0 bridgehead atoms. The van der Waals surface area contributed by atoms with E-state index in [0.717, 1.165) is 30.5 Å². The van der Waals surface area contributed by atoms with E-state index in [1.54, 1.807) is 0 Å². The monoisotopic (exact) mass is 204 g/mol. The first kappa shape index (κ1) is 10.0. The van der Waals surface area contributed by atoms with Gasteiger partial charge in [-0.3, -0.25) is 4.79 Å². The van der Waals surface area contributed by atoms with Crippen LogP contribution >= 0.6 is 0 Å². The van der Waals surface area contributed by atoms with Crippen molar-refractivity contribution in [3.05, 3.63) is 29.8 Å². The van der Waals surface area contributed by atoms with Gasteiger partial charge in [0.15, 0.2) is 0 Å². The van der Waals surface area contributed by atoms with Crippen molar-refractivity contribution >= 4 is 11.6 Å². The maximum absolute atomic E-state index is 11.7. The minimum Gasteiger partial charge on any atom is -0.365 e. The summed E-state index contributed by atoms with van der Waals surface area (Å²) in [5, 5.41) is 6.29. The fourth-order valence-electron chi connectivity index (χ4n) is 1.82. The van der Waals surface area contributed by atoms with Crippen LogP contribution in [0.3, 0.4) is 0 Å². The van der Waals surface area contributed by atoms with Gasteiger partial charge < -0.3 is 10.6 Å². The van der Waals surface area contributed by atoms with Crippen LogP contribution in [-0.2, 0) is 0 Å². The van der Waals surface area contributed by atoms with E-state index in [-0.39, 0.29) is 12.1 Å². The average Bonchev–Trinajstić information content (AvgIpc) is 2.26. The number of fused-ring (bicyclic) bond motifs is 1. The van der Waals surface area contributed by atoms with Gasteiger partial charge in [0, 0.05) is 5.69 Å². The molecule has 2 rings (SSSR count). The fraction of sp³-hybridized carbons (Fsp3) is 0.417. The number of hydrogen-bond donors (Lipinski definition) is 2. The zero-order chi connectivity index (χ0) is 10.7. The number of rotatable bonds is 3. The van der Waals surface area contributed by atoms with Crippen molar-refractivity contribution in [2.45, 2.75) is 32.4 Å². The predicted octanol–water partition coefficient (Wildman–Crippen LogP) is 2.36. The van der Waals surface area contributed by atoms with Crippen LogP contribution in [-0.4, -0.2) is 12.1 Å². The summed E-state index contributed by atoms with van der Waals surface area (Å²) in [6, 6.07) is 7.62. The summed E-state index contributed by atoms with van der Waals surface area (Å²) in [5.74, 6) is 0.0328. The Morgan fingerprint density at radius 1 is 1.27 bits per heavy atom. The number of nitrogens with one attached hydrogen (secondary N) is 2. The van der Waals surface area contributed by atoms with E-state index in [2.05, 4.69) is 17.6 Å². The molecule has 1 amide bonds. The smallest absolute Gasteiger partial charge is 0.254 e. The van der Waals surface area contributed by atoms with Crippen LogP contribution in [0.5, 0.6) is 0 Å². The van der Waals surface area contributed by atoms with Gasteiger partial charge in [-0.15, -0.1) is 0 Å². The molecule has 1 aromatic rings. The number of carbonyl (C=O) groups is 1. The Bertz CT molecular complexity index is 362. The standard InChI is InChI=1S/C12H16N2O/c1-2-3-8-11-13-10-7-5-4-6-9(10)12(15)14-11/h4-7,11,13H,2-3,8H2,1H3,(H,14,15)/t11-/m1/s1. The van der Waals surface area contributed by atoms with Crippen LogP contribution < -0.4 is 10.6 Å². The molecule has 0 aromatic heterocycles. The van der Waals surface area contributed by atoms with Crippen LogP contribution in [0, 0.1) is 0 Å². The van der Waals surface area contributed by atoms with Gasteiger partial charge in [0.1, 0.15) is 0 Å². The SMILES string of the molecule is CCCC[C@H]1NC(=O)c2ccccc2N1. The molecule has 1 aliphatic rings. The van der Waals surface area contributed by atoms with Gasteiger partial charge in [-0.05, 0) is 25.0 Å². The molecule has 15 heavy (non-hydrogen) atoms. The zero-order valence-corrected chi connectivity index (χ0v) is 8.92. The lowest BCUT2D eigenvalue weighted by molar-refractivity contribution is 0.0933. The molecule has 0 saturated heterocycles. The van der Waals surface area contributed by atoms with E-state index in [1.807, 2.05) is 24.3 Å². The molecule has 0 fully saturated rings. The summed E-state index contributed by atoms with van der Waals surface area (Å²) in [6.07, 6.45) is 3.35. The molecule has 1 aromatic carbocycles. The lowest BCUT2D eigenvalue weighted by Crippen LogP contribution is -2.44. The van der Waals surface area contributed by atoms with Crippen molar-refractivity contribution in [1.29, 1.82) is 0 Å². The van der Waals surface area contributed by atoms with Crippen LogP contribution in [0.2, 0.25) is 0 Å². The van der Waals surface area contributed by atoms with E-state index in [1.165, 1.54) is 0 Å². The van der Waals surface area contributed by atoms with Crippen LogP contribution in [0.25, 0.3) is 0 Å². The number of unbranched alkanes of at least 4 members (excludes halogenated alkanes) is 1. The topological polar surface area (TPSA) is 41.1 Å². The van der Waals surface area contributed by atoms with Crippen molar-refractivity contribution in [3.8, 4) is 0 Å². The minimum atomic E-state index is 0.0328. The maximum Gasteiger partial charge on any atom is 0.254 e. The molecule has 0 aliphatic carbocycles. The summed E-state index contributed by atoms with van der Waals surface area (Å²) in [7, 11) is 0. The van der Waals surface area contributed by atoms with Gasteiger partial charge in [-0.2, -0.15) is 0 Å². The van der Waals surface area contributed by atoms with Gasteiger partial charge in [-0.25, -0.2) is 0 Å². The average molecular weight is 204 g/mol. The molecular formula is C12H16N2O. The van der Waals surface area contributed by atoms with Crippen molar-refractivity contribution in [3.63, 3.8) is 0 Å². The highest BCUT2D eigenvalue weighted by atomic mass is 16.2. The van der Waals surface area contributed by atoms with Gasteiger partial charge >= 0.3 is 0 Å². The summed E-state index contributed by atoms with van der Waals surface area (Å²) in [5.41, 5.74) is 1.69. The first-order chi connectivity index (χ1) is 7.31. The third-order valence-corrected chi connectivity index (χ3v) is 2.65. The summed E-state index contributed by atoms with van der Waals surface area (Å²) < 4.78 is 0. The Morgan fingerprint density at radius 2 is 2.07 bits per heavy atom. The molecule has 3 heteroatoms. The predicted molar refractivity (Wildman–Crippen MR) is 60.8 cm³/mol. The van der Waals surface area contributed by atoms with E-state index < -0.39 is 0 Å². The second-order valence-corrected chi connectivity index (χ2v) is 3.86. The van der Waals surface area contributed by atoms with Crippen molar-refractivity contribution < 1.29 is 4.79 Å². The maximum atomic E-state index is 11.7. The fourth-order valence-corrected chi connectivity index (χ4v) is 1.82. The van der Waals surface area contributed by atoms with E-state index >= 15 is 0 Å². The van der Waals surface area contributed by atoms with E-state index in [4.69, 9.17) is 0 Å². The van der Waals surface area contributed by atoms with Crippen molar-refractivity contribution in [1.82, 2.24) is 5.32 Å². The van der Waals surface area contributed by atoms with Crippen molar-refractivity contribution in [2.24, 2.45) is 0 Å². The molecule has 80 valence electrons. The quantitative estimate of drug-likeness (QED) is 0.793. The highest BCUT2D eigenvalue weighted by Crippen LogP contribution is 2.20. The first-order valence-electron chi connectivity index (χ1n) is 5.47. The number of benzene rings is 1. The Balaban J connectivity index is 2.12. The van der Waals surface area contributed by atoms with Gasteiger partial charge in [-0.1, -0.05) is 25.5 Å². The molecule has 2 N–H and O–H groups in total. The highest BCUT2D eigenvalue weighted by Gasteiger charge is 2.21. The highest BCUT2D eigenvalue weighted by molar-refractivity contribution is 6.01. The molecule has 1 heterocycles. The Labute approximate surface area is 89.9 Å². The van der Waals surface area contributed by atoms with Gasteiger partial charge in [0.05, 0.1) is 11.7 Å². The molecule has 0 spiro atoms. The van der Waals surface area contributed by atoms with Crippen LogP contribution in [0.4, 0.5) is 5.69 Å². The third kappa shape index (κ3) is 2.12. The largest absolute Gasteiger partial charge is 0.365 e. The van der Waals surface area contributed by atoms with Gasteiger partial charge in [0.2, 0.25) is 0 Å². The number of anilines is 1. The number of para-hydroxylation sites is 1. The Hall–Kier alpha value is -1.51. The number of hydrogen-bond acceptors (Lipinski definition) is 2. The summed E-state index contributed by atoms with van der Waals surface area (Å²) in [6.45, 7) is 2.15. The summed E-state index contributed by atoms with van der Waals surface area (Å²) in [4.78, 5) is 11.7. The number of amides is 1. The zero-order valence-electron chi connectivity index (χ0n) is 8.92. The molecule has 1 aliphatic heterocycles. The molecule has 1 atom stereocenters. The van der Waals surface area contributed by atoms with Crippen molar-refractivity contribution in [2.75, 3.05) is 5.32 Å². The molecule has 0 radical (unpaired) electrons. The Morgan fingerprint density at radius 3 is 2.87 bits per heavy atom. The third-order valence-electron chi connectivity index (χ3n) is 2.65. The van der Waals surface area contributed by atoms with Gasteiger partial charge in [0.25, 0.3) is 5.91 Å². The minimum absolute atomic E-state index is 0.0328. The summed E-state index contributed by atoms with van der Waals surface area (Å²) >= 11 is 0. The Kier molecular flexibility index (Phi) is 2.90. The normalized spacial score (nSPS) is 19.0.